The van der Waals surface area contributed by atoms with E-state index in [1.807, 2.05) is 0 Å². The highest BCUT2D eigenvalue weighted by atomic mass is 35.5. The van der Waals surface area contributed by atoms with Crippen LogP contribution in [0.15, 0.2) is 29.6 Å². The molecule has 0 saturated carbocycles. The molecule has 0 unspecified atom stereocenters. The predicted octanol–water partition coefficient (Wildman–Crippen LogP) is 3.85. The summed E-state index contributed by atoms with van der Waals surface area (Å²) in [5.74, 6) is -0.596. The first-order valence-electron chi connectivity index (χ1n) is 6.30. The molecule has 0 aliphatic heterocycles. The van der Waals surface area contributed by atoms with Gasteiger partial charge in [0.2, 0.25) is 0 Å². The minimum absolute atomic E-state index is 0.109. The molecule has 8 heteroatoms. The maximum Gasteiger partial charge on any atom is 0.277 e. The molecule has 0 radical (unpaired) electrons. The van der Waals surface area contributed by atoms with Crippen molar-refractivity contribution in [1.29, 1.82) is 0 Å². The molecule has 0 aliphatic rings. The number of anilines is 1. The van der Waals surface area contributed by atoms with E-state index in [4.69, 9.17) is 16.3 Å². The number of benzene rings is 1. The number of nitrogens with zero attached hydrogens (tertiary/aromatic N) is 2. The molecule has 0 aliphatic carbocycles. The van der Waals surface area contributed by atoms with Gasteiger partial charge < -0.3 is 9.64 Å². The summed E-state index contributed by atoms with van der Waals surface area (Å²) in [6.07, 6.45) is -2.67. The lowest BCUT2D eigenvalue weighted by molar-refractivity contribution is 0.0941. The highest BCUT2D eigenvalue weighted by Crippen LogP contribution is 2.23. The molecule has 2 rings (SSSR count). The van der Waals surface area contributed by atoms with Crippen molar-refractivity contribution in [3.63, 3.8) is 0 Å². The average molecular weight is 347 g/mol. The van der Waals surface area contributed by atoms with Crippen LogP contribution in [0.3, 0.4) is 0 Å². The van der Waals surface area contributed by atoms with Crippen molar-refractivity contribution in [1.82, 2.24) is 4.98 Å². The molecule has 1 heterocycles. The largest absolute Gasteiger partial charge is 0.378 e. The maximum atomic E-state index is 12.8. The Bertz CT molecular complexity index is 651. The van der Waals surface area contributed by atoms with E-state index >= 15 is 0 Å². The van der Waals surface area contributed by atoms with E-state index in [1.165, 1.54) is 29.9 Å². The van der Waals surface area contributed by atoms with E-state index in [0.717, 1.165) is 4.90 Å². The van der Waals surface area contributed by atoms with Crippen LogP contribution in [0.5, 0.6) is 0 Å². The summed E-state index contributed by atoms with van der Waals surface area (Å²) in [6.45, 7) is -0.458. The van der Waals surface area contributed by atoms with E-state index in [9.17, 15) is 13.6 Å². The van der Waals surface area contributed by atoms with Crippen molar-refractivity contribution in [2.24, 2.45) is 0 Å². The van der Waals surface area contributed by atoms with Crippen molar-refractivity contribution < 1.29 is 18.3 Å². The number of thiazole rings is 1. The summed E-state index contributed by atoms with van der Waals surface area (Å²) in [5, 5.41) is 2.50. The standard InChI is InChI=1S/C14H13ClF2N2O2S/c1-21-7-13-18-11(8-22-13)14(20)19(6-12(16)17)10-4-2-3-9(15)5-10/h2-5,8,12H,6-7H2,1H3. The number of alkyl halides is 2. The Morgan fingerprint density at radius 2 is 2.27 bits per heavy atom. The number of carbonyl (C=O) groups excluding carboxylic acids is 1. The van der Waals surface area contributed by atoms with Gasteiger partial charge in [-0.05, 0) is 18.2 Å². The van der Waals surface area contributed by atoms with Crippen molar-refractivity contribution in [2.75, 3.05) is 18.6 Å². The first-order valence-corrected chi connectivity index (χ1v) is 7.56. The van der Waals surface area contributed by atoms with Crippen LogP contribution in [0.4, 0.5) is 14.5 Å². The van der Waals surface area contributed by atoms with Crippen LogP contribution in [0.2, 0.25) is 5.02 Å². The Balaban J connectivity index is 2.29. The maximum absolute atomic E-state index is 12.8. The van der Waals surface area contributed by atoms with E-state index in [2.05, 4.69) is 4.98 Å². The minimum Gasteiger partial charge on any atom is -0.378 e. The molecule has 0 saturated heterocycles. The first-order chi connectivity index (χ1) is 10.5. The zero-order valence-electron chi connectivity index (χ0n) is 11.6. The van der Waals surface area contributed by atoms with Gasteiger partial charge in [-0.1, -0.05) is 17.7 Å². The molecule has 1 aromatic heterocycles. The second-order valence-electron chi connectivity index (χ2n) is 4.35. The molecule has 118 valence electrons. The Labute approximate surface area is 135 Å². The van der Waals surface area contributed by atoms with Crippen LogP contribution in [-0.4, -0.2) is 31.0 Å². The lowest BCUT2D eigenvalue weighted by Crippen LogP contribution is -2.35. The summed E-state index contributed by atoms with van der Waals surface area (Å²) in [4.78, 5) is 17.5. The lowest BCUT2D eigenvalue weighted by atomic mass is 10.2. The number of ether oxygens (including phenoxy) is 1. The van der Waals surface area contributed by atoms with Crippen LogP contribution < -0.4 is 4.90 Å². The van der Waals surface area contributed by atoms with Gasteiger partial charge in [0.15, 0.2) is 0 Å². The van der Waals surface area contributed by atoms with E-state index in [1.54, 1.807) is 18.2 Å². The molecular formula is C14H13ClF2N2O2S. The number of halogens is 3. The first kappa shape index (κ1) is 16.8. The molecule has 22 heavy (non-hydrogen) atoms. The van der Waals surface area contributed by atoms with Gasteiger partial charge in [-0.3, -0.25) is 4.79 Å². The Morgan fingerprint density at radius 1 is 1.50 bits per heavy atom. The zero-order valence-corrected chi connectivity index (χ0v) is 13.2. The van der Waals surface area contributed by atoms with Gasteiger partial charge in [0.05, 0.1) is 13.2 Å². The van der Waals surface area contributed by atoms with Crippen LogP contribution in [-0.2, 0) is 11.3 Å². The highest BCUT2D eigenvalue weighted by Gasteiger charge is 2.23. The second kappa shape index (κ2) is 7.62. The van der Waals surface area contributed by atoms with Crippen molar-refractivity contribution in [2.45, 2.75) is 13.0 Å². The SMILES string of the molecule is COCc1nc(C(=O)N(CC(F)F)c2cccc(Cl)c2)cs1. The van der Waals surface area contributed by atoms with Gasteiger partial charge in [0, 0.05) is 23.2 Å². The van der Waals surface area contributed by atoms with E-state index < -0.39 is 18.9 Å². The summed E-state index contributed by atoms with van der Waals surface area (Å²) < 4.78 is 30.5. The normalized spacial score (nSPS) is 11.0. The number of amides is 1. The molecule has 0 bridgehead atoms. The lowest BCUT2D eigenvalue weighted by Gasteiger charge is -2.21. The number of hydrogen-bond acceptors (Lipinski definition) is 4. The van der Waals surface area contributed by atoms with E-state index in [0.29, 0.717) is 15.7 Å². The van der Waals surface area contributed by atoms with Gasteiger partial charge in [-0.15, -0.1) is 11.3 Å². The molecule has 4 nitrogen and oxygen atoms in total. The third kappa shape index (κ3) is 4.22. The van der Waals surface area contributed by atoms with Crippen molar-refractivity contribution >= 4 is 34.5 Å². The third-order valence-electron chi connectivity index (χ3n) is 2.72. The Kier molecular flexibility index (Phi) is 5.82. The van der Waals surface area contributed by atoms with Gasteiger partial charge in [0.25, 0.3) is 12.3 Å². The molecule has 0 spiro atoms. The highest BCUT2D eigenvalue weighted by molar-refractivity contribution is 7.09. The van der Waals surface area contributed by atoms with Gasteiger partial charge >= 0.3 is 0 Å². The molecule has 0 fully saturated rings. The summed E-state index contributed by atoms with van der Waals surface area (Å²) in [5.41, 5.74) is 0.414. The number of methoxy groups -OCH3 is 1. The summed E-state index contributed by atoms with van der Waals surface area (Å²) in [6, 6.07) is 6.22. The topological polar surface area (TPSA) is 42.4 Å². The smallest absolute Gasteiger partial charge is 0.277 e. The molecule has 1 amide bonds. The predicted molar refractivity (Wildman–Crippen MR) is 82.0 cm³/mol. The van der Waals surface area contributed by atoms with Crippen molar-refractivity contribution in [3.05, 3.63) is 45.4 Å². The fourth-order valence-electron chi connectivity index (χ4n) is 1.82. The molecule has 0 atom stereocenters. The van der Waals surface area contributed by atoms with Gasteiger partial charge in [-0.2, -0.15) is 0 Å². The second-order valence-corrected chi connectivity index (χ2v) is 5.73. The summed E-state index contributed by atoms with van der Waals surface area (Å²) in [7, 11) is 1.51. The van der Waals surface area contributed by atoms with Crippen LogP contribution in [0.1, 0.15) is 15.5 Å². The van der Waals surface area contributed by atoms with Crippen LogP contribution in [0, 0.1) is 0 Å². The number of carbonyl (C=O) groups is 1. The molecule has 0 N–H and O–H groups in total. The van der Waals surface area contributed by atoms with Gasteiger partial charge in [0.1, 0.15) is 10.7 Å². The van der Waals surface area contributed by atoms with Crippen LogP contribution >= 0.6 is 22.9 Å². The number of rotatable bonds is 6. The third-order valence-corrected chi connectivity index (χ3v) is 3.78. The summed E-state index contributed by atoms with van der Waals surface area (Å²) >= 11 is 7.11. The van der Waals surface area contributed by atoms with Gasteiger partial charge in [-0.25, -0.2) is 13.8 Å². The molecular weight excluding hydrogens is 334 g/mol. The fourth-order valence-corrected chi connectivity index (χ4v) is 2.75. The quantitative estimate of drug-likeness (QED) is 0.797. The molecule has 2 aromatic rings. The Morgan fingerprint density at radius 3 is 2.91 bits per heavy atom. The minimum atomic E-state index is -2.67. The zero-order chi connectivity index (χ0) is 16.1. The Hall–Kier alpha value is -1.57. The number of hydrogen-bond donors (Lipinski definition) is 0. The molecule has 1 aromatic carbocycles. The van der Waals surface area contributed by atoms with Crippen molar-refractivity contribution in [3.8, 4) is 0 Å². The van der Waals surface area contributed by atoms with E-state index in [-0.39, 0.29) is 12.3 Å². The number of aromatic nitrogens is 1. The monoisotopic (exact) mass is 346 g/mol. The average Bonchev–Trinajstić information content (AvgIpc) is 2.93. The fraction of sp³-hybridized carbons (Fsp3) is 0.286. The van der Waals surface area contributed by atoms with Crippen LogP contribution in [0.25, 0.3) is 0 Å².